The van der Waals surface area contributed by atoms with Crippen LogP contribution in [0.1, 0.15) is 113 Å². The van der Waals surface area contributed by atoms with Gasteiger partial charge in [0, 0.05) is 0 Å². The molecule has 0 unspecified atom stereocenters. The number of ether oxygens (including phenoxy) is 10. The molecule has 0 aromatic heterocycles. The molecule has 0 spiro atoms. The Labute approximate surface area is 494 Å². The van der Waals surface area contributed by atoms with Crippen molar-refractivity contribution in [2.24, 2.45) is 56.7 Å². The van der Waals surface area contributed by atoms with Crippen molar-refractivity contribution in [3.8, 4) is 0 Å². The molecule has 26 heteroatoms. The van der Waals surface area contributed by atoms with E-state index in [1.165, 1.54) is 12.5 Å². The van der Waals surface area contributed by atoms with Crippen LogP contribution in [0.25, 0.3) is 0 Å². The number of aliphatic hydroxyl groups is 15. The topological polar surface area (TPSA) is 413 Å². The molecule has 0 aromatic carbocycles. The summed E-state index contributed by atoms with van der Waals surface area (Å²) in [5.41, 5.74) is -1.09. The van der Waals surface area contributed by atoms with Gasteiger partial charge in [-0.2, -0.15) is 0 Å². The molecular weight excluding hydrogens is 1120 g/mol. The third-order valence-electron chi connectivity index (χ3n) is 23.4. The van der Waals surface area contributed by atoms with Crippen molar-refractivity contribution in [1.29, 1.82) is 0 Å². The van der Waals surface area contributed by atoms with Gasteiger partial charge in [-0.25, -0.2) is 0 Å². The van der Waals surface area contributed by atoms with Crippen LogP contribution in [0, 0.1) is 56.7 Å². The lowest BCUT2D eigenvalue weighted by molar-refractivity contribution is -0.367. The minimum absolute atomic E-state index is 0.0278. The lowest BCUT2D eigenvalue weighted by atomic mass is 9.33. The highest BCUT2D eigenvalue weighted by Crippen LogP contribution is 2.76. The predicted molar refractivity (Wildman–Crippen MR) is 288 cm³/mol. The summed E-state index contributed by atoms with van der Waals surface area (Å²) in [4.78, 5) is 15.3. The van der Waals surface area contributed by atoms with Crippen molar-refractivity contribution >= 4 is 5.97 Å². The first-order chi connectivity index (χ1) is 39.9. The van der Waals surface area contributed by atoms with Crippen LogP contribution >= 0.6 is 0 Å². The van der Waals surface area contributed by atoms with Gasteiger partial charge in [0.1, 0.15) is 110 Å². The molecule has 0 bridgehead atoms. The molecule has 34 atom stereocenters. The Morgan fingerprint density at radius 1 is 0.553 bits per heavy atom. The Morgan fingerprint density at radius 2 is 1.14 bits per heavy atom. The Balaban J connectivity index is 0.826. The molecule has 0 aromatic rings. The largest absolute Gasteiger partial charge is 0.432 e. The van der Waals surface area contributed by atoms with E-state index >= 15 is 4.79 Å². The fraction of sp³-hybridized carbons (Fsp3) is 0.949. The van der Waals surface area contributed by atoms with Gasteiger partial charge in [0.2, 0.25) is 6.29 Å². The molecule has 15 N–H and O–H groups in total. The predicted octanol–water partition coefficient (Wildman–Crippen LogP) is -2.69. The van der Waals surface area contributed by atoms with E-state index in [2.05, 4.69) is 54.5 Å². The highest BCUT2D eigenvalue weighted by molar-refractivity contribution is 5.79. The zero-order valence-electron chi connectivity index (χ0n) is 49.8. The van der Waals surface area contributed by atoms with Gasteiger partial charge in [0.05, 0.1) is 44.1 Å². The molecule has 5 heterocycles. The van der Waals surface area contributed by atoms with E-state index in [1.807, 2.05) is 0 Å². The van der Waals surface area contributed by atoms with Crippen molar-refractivity contribution in [3.63, 3.8) is 0 Å². The molecule has 5 aliphatic heterocycles. The standard InChI is InChI=1S/C59H96O26/c1-23-11-16-59(54(75)85-52-45(73)41(69)38(66)30(81-52)22-77-49-46(74)42(70)47(29(20-61)80-49)83-50-43(71)39(67)35(63)25(3)78-50)18-17-57(7)26(34(59)24(23)2)9-10-32-56(6)14-13-33(55(4,5)31(56)12-15-58(32,57)8)82-53-48(36(64)27(62)21-76-53)84-51-44(72)40(68)37(65)28(19-60)79-51/h9,23-25,27-53,60-74H,10-22H2,1-8H3/t23-,24+,25+,27+,28-,29-,30-,31+,32-,33+,34+,35+,36+,37+,38-,39-,40+,41+,42-,43-,44-,45-,46-,47-,48-,49-,50+,51-,52+,53+,56+,57+,58-,59+/m1/s1. The van der Waals surface area contributed by atoms with Crippen molar-refractivity contribution in [3.05, 3.63) is 11.6 Å². The van der Waals surface area contributed by atoms with Crippen LogP contribution in [0.4, 0.5) is 0 Å². The van der Waals surface area contributed by atoms with Gasteiger partial charge in [-0.05, 0) is 116 Å². The molecular formula is C59H96O26. The summed E-state index contributed by atoms with van der Waals surface area (Å²) in [6.07, 6.45) is -30.1. The van der Waals surface area contributed by atoms with Crippen LogP contribution in [0.2, 0.25) is 0 Å². The Morgan fingerprint density at radius 3 is 1.81 bits per heavy atom. The average molecular weight is 1220 g/mol. The van der Waals surface area contributed by atoms with E-state index in [0.717, 1.165) is 32.1 Å². The number of carbonyl (C=O) groups excluding carboxylic acids is 1. The summed E-state index contributed by atoms with van der Waals surface area (Å²) in [6.45, 7) is 15.0. The van der Waals surface area contributed by atoms with Gasteiger partial charge in [0.25, 0.3) is 0 Å². The van der Waals surface area contributed by atoms with Crippen molar-refractivity contribution < 1.29 is 129 Å². The van der Waals surface area contributed by atoms with Crippen LogP contribution in [-0.2, 0) is 52.2 Å². The molecule has 85 heavy (non-hydrogen) atoms. The number of hydrogen-bond donors (Lipinski definition) is 15. The number of carbonyl (C=O) groups is 1. The Bertz CT molecular complexity index is 2350. The Hall–Kier alpha value is -1.75. The van der Waals surface area contributed by atoms with Crippen molar-refractivity contribution in [1.82, 2.24) is 0 Å². The first kappa shape index (κ1) is 66.2. The molecule has 9 fully saturated rings. The van der Waals surface area contributed by atoms with Gasteiger partial charge in [-0.1, -0.05) is 60.1 Å². The molecule has 5 aliphatic carbocycles. The molecule has 0 amide bonds. The van der Waals surface area contributed by atoms with Gasteiger partial charge in [-0.3, -0.25) is 4.79 Å². The van der Waals surface area contributed by atoms with Crippen LogP contribution in [-0.4, -0.2) is 263 Å². The third kappa shape index (κ3) is 11.0. The van der Waals surface area contributed by atoms with E-state index in [-0.39, 0.29) is 52.4 Å². The lowest BCUT2D eigenvalue weighted by Gasteiger charge is -2.71. The first-order valence-electron chi connectivity index (χ1n) is 30.7. The second kappa shape index (κ2) is 24.7. The number of aliphatic hydroxyl groups excluding tert-OH is 15. The monoisotopic (exact) mass is 1220 g/mol. The molecule has 4 saturated carbocycles. The number of allylic oxidation sites excluding steroid dienone is 2. The summed E-state index contributed by atoms with van der Waals surface area (Å²) in [5, 5.41) is 161. The van der Waals surface area contributed by atoms with E-state index in [0.29, 0.717) is 25.7 Å². The summed E-state index contributed by atoms with van der Waals surface area (Å²) in [6, 6.07) is 0. The van der Waals surface area contributed by atoms with Crippen LogP contribution in [0.15, 0.2) is 11.6 Å². The van der Waals surface area contributed by atoms with Crippen LogP contribution in [0.3, 0.4) is 0 Å². The smallest absolute Gasteiger partial charge is 0.315 e. The summed E-state index contributed by atoms with van der Waals surface area (Å²) >= 11 is 0. The molecule has 10 rings (SSSR count). The average Bonchev–Trinajstić information content (AvgIpc) is 0.700. The highest BCUT2D eigenvalue weighted by Gasteiger charge is 2.71. The highest BCUT2D eigenvalue weighted by atomic mass is 16.8. The SMILES string of the molecule is C[C@H]1[C@H](C)CC[C@]2(C(=O)O[C@@H]3O[C@H](CO[C@@H]4O[C@H](CO)[C@@H](O[C@@H]5O[C@@H](C)[C@H](O)[C@@H](O)[C@H]5O)[C@H](O)[C@H]4O)[C@@H](O)[C@H](O)[C@H]3O)CC[C@@]3(C)C(=CC[C@@H]4[C@@]5(C)CC[C@H](O[C@@H]6OC[C@H](O)[C@H](O)[C@H]6O[C@H]6O[C@H](CO)[C@H](O)[C@H](O)[C@H]6O)C(C)(C)[C@@H]5CC[C@]43C)[C@H]12. The molecule has 26 nitrogen and oxygen atoms in total. The molecule has 488 valence electrons. The van der Waals surface area contributed by atoms with Crippen molar-refractivity contribution in [2.45, 2.75) is 267 Å². The molecule has 5 saturated heterocycles. The van der Waals surface area contributed by atoms with Crippen molar-refractivity contribution in [2.75, 3.05) is 26.4 Å². The Kier molecular flexibility index (Phi) is 19.2. The van der Waals surface area contributed by atoms with Crippen LogP contribution < -0.4 is 0 Å². The van der Waals surface area contributed by atoms with Gasteiger partial charge in [0.15, 0.2) is 25.2 Å². The summed E-state index contributed by atoms with van der Waals surface area (Å²) in [5.74, 6) is -0.254. The molecule has 0 radical (unpaired) electrons. The minimum atomic E-state index is -1.89. The van der Waals surface area contributed by atoms with Gasteiger partial charge >= 0.3 is 5.97 Å². The van der Waals surface area contributed by atoms with Gasteiger partial charge in [-0.15, -0.1) is 0 Å². The maximum Gasteiger partial charge on any atom is 0.315 e. The second-order valence-corrected chi connectivity index (χ2v) is 28.1. The summed E-state index contributed by atoms with van der Waals surface area (Å²) in [7, 11) is 0. The fourth-order valence-electron chi connectivity index (χ4n) is 17.8. The quantitative estimate of drug-likeness (QED) is 0.0507. The minimum Gasteiger partial charge on any atom is -0.432 e. The number of hydrogen-bond acceptors (Lipinski definition) is 26. The second-order valence-electron chi connectivity index (χ2n) is 28.1. The van der Waals surface area contributed by atoms with E-state index in [9.17, 15) is 76.6 Å². The number of esters is 1. The van der Waals surface area contributed by atoms with E-state index < -0.39 is 190 Å². The maximum atomic E-state index is 15.3. The van der Waals surface area contributed by atoms with Crippen LogP contribution in [0.5, 0.6) is 0 Å². The number of fused-ring (bicyclic) bond motifs is 7. The lowest BCUT2D eigenvalue weighted by Crippen LogP contribution is -2.66. The normalized spacial score (nSPS) is 55.3. The molecule has 10 aliphatic rings. The number of rotatable bonds is 13. The van der Waals surface area contributed by atoms with E-state index in [4.69, 9.17) is 47.4 Å². The van der Waals surface area contributed by atoms with E-state index in [1.54, 1.807) is 0 Å². The van der Waals surface area contributed by atoms with Gasteiger partial charge < -0.3 is 124 Å². The fourth-order valence-corrected chi connectivity index (χ4v) is 17.8. The zero-order chi connectivity index (χ0) is 61.9. The first-order valence-corrected chi connectivity index (χ1v) is 30.7. The zero-order valence-corrected chi connectivity index (χ0v) is 49.8. The maximum absolute atomic E-state index is 15.3. The summed E-state index contributed by atoms with van der Waals surface area (Å²) < 4.78 is 59.5. The third-order valence-corrected chi connectivity index (χ3v) is 23.4.